The lowest BCUT2D eigenvalue weighted by Crippen LogP contribution is -2.54. The quantitative estimate of drug-likeness (QED) is 0.652. The number of likely N-dealkylation sites (N-methyl/N-ethyl adjacent to an activating group) is 1. The van der Waals surface area contributed by atoms with Crippen molar-refractivity contribution >= 4 is 0 Å². The summed E-state index contributed by atoms with van der Waals surface area (Å²) in [6, 6.07) is 1.52. The van der Waals surface area contributed by atoms with Crippen LogP contribution in [0.3, 0.4) is 0 Å². The molecule has 1 fully saturated rings. The van der Waals surface area contributed by atoms with Gasteiger partial charge in [0.15, 0.2) is 0 Å². The van der Waals surface area contributed by atoms with Crippen LogP contribution in [0.15, 0.2) is 0 Å². The summed E-state index contributed by atoms with van der Waals surface area (Å²) in [7, 11) is 4.23. The second-order valence-corrected chi connectivity index (χ2v) is 3.26. The van der Waals surface area contributed by atoms with Crippen LogP contribution in [0.5, 0.6) is 0 Å². The standard InChI is InChI=1S/C7H16N2.C2H6/c1-6-4-7(8-6)5-9(2)3;1-2/h6-8H,4-5H2,1-3H3;1-2H3. The Bertz CT molecular complexity index is 85.6. The Hall–Kier alpha value is -0.0800. The molecule has 1 N–H and O–H groups in total. The summed E-state index contributed by atoms with van der Waals surface area (Å²) in [5.74, 6) is 0. The molecule has 0 amide bonds. The lowest BCUT2D eigenvalue weighted by Gasteiger charge is -2.36. The fourth-order valence-electron chi connectivity index (χ4n) is 1.37. The highest BCUT2D eigenvalue weighted by atomic mass is 15.1. The molecule has 0 aromatic rings. The van der Waals surface area contributed by atoms with Gasteiger partial charge in [-0.2, -0.15) is 0 Å². The van der Waals surface area contributed by atoms with Gasteiger partial charge in [0.25, 0.3) is 0 Å². The van der Waals surface area contributed by atoms with Crippen LogP contribution in [0.25, 0.3) is 0 Å². The van der Waals surface area contributed by atoms with Gasteiger partial charge in [-0.05, 0) is 27.4 Å². The van der Waals surface area contributed by atoms with E-state index in [9.17, 15) is 0 Å². The molecule has 1 rings (SSSR count). The van der Waals surface area contributed by atoms with Crippen molar-refractivity contribution in [3.05, 3.63) is 0 Å². The van der Waals surface area contributed by atoms with Crippen LogP contribution >= 0.6 is 0 Å². The van der Waals surface area contributed by atoms with Crippen LogP contribution in [0, 0.1) is 0 Å². The maximum atomic E-state index is 3.43. The molecule has 2 nitrogen and oxygen atoms in total. The minimum absolute atomic E-state index is 0.759. The van der Waals surface area contributed by atoms with Gasteiger partial charge in [0, 0.05) is 18.6 Å². The van der Waals surface area contributed by atoms with Crippen molar-refractivity contribution in [2.45, 2.75) is 39.3 Å². The minimum Gasteiger partial charge on any atom is -0.310 e. The van der Waals surface area contributed by atoms with E-state index in [2.05, 4.69) is 31.2 Å². The average molecular weight is 158 g/mol. The third-order valence-electron chi connectivity index (χ3n) is 1.74. The van der Waals surface area contributed by atoms with Crippen molar-refractivity contribution in [3.8, 4) is 0 Å². The van der Waals surface area contributed by atoms with Gasteiger partial charge >= 0.3 is 0 Å². The van der Waals surface area contributed by atoms with Crippen LogP contribution in [0.2, 0.25) is 0 Å². The molecule has 68 valence electrons. The van der Waals surface area contributed by atoms with Crippen LogP contribution < -0.4 is 5.32 Å². The molecule has 0 saturated carbocycles. The van der Waals surface area contributed by atoms with Crippen molar-refractivity contribution in [2.75, 3.05) is 20.6 Å². The van der Waals surface area contributed by atoms with Crippen LogP contribution in [0.1, 0.15) is 27.2 Å². The Kier molecular flexibility index (Phi) is 5.51. The second kappa shape index (κ2) is 5.56. The average Bonchev–Trinajstić information content (AvgIpc) is 1.88. The van der Waals surface area contributed by atoms with Crippen LogP contribution in [0.4, 0.5) is 0 Å². The van der Waals surface area contributed by atoms with Gasteiger partial charge in [-0.15, -0.1) is 0 Å². The van der Waals surface area contributed by atoms with E-state index < -0.39 is 0 Å². The Morgan fingerprint density at radius 1 is 1.36 bits per heavy atom. The molecule has 0 radical (unpaired) electrons. The maximum absolute atomic E-state index is 3.43. The summed E-state index contributed by atoms with van der Waals surface area (Å²) >= 11 is 0. The number of hydrogen-bond acceptors (Lipinski definition) is 2. The first kappa shape index (κ1) is 10.9. The van der Waals surface area contributed by atoms with Crippen molar-refractivity contribution in [1.29, 1.82) is 0 Å². The molecular weight excluding hydrogens is 136 g/mol. The van der Waals surface area contributed by atoms with Gasteiger partial charge in [0.05, 0.1) is 0 Å². The summed E-state index contributed by atoms with van der Waals surface area (Å²) in [5.41, 5.74) is 0. The number of nitrogens with one attached hydrogen (secondary N) is 1. The zero-order valence-electron chi connectivity index (χ0n) is 8.52. The largest absolute Gasteiger partial charge is 0.310 e. The predicted octanol–water partition coefficient (Wildman–Crippen LogP) is 1.32. The summed E-state index contributed by atoms with van der Waals surface area (Å²) in [5, 5.41) is 3.43. The van der Waals surface area contributed by atoms with Crippen molar-refractivity contribution in [2.24, 2.45) is 0 Å². The van der Waals surface area contributed by atoms with Gasteiger partial charge in [0.2, 0.25) is 0 Å². The molecule has 0 spiro atoms. The molecular formula is C9H22N2. The molecule has 1 aliphatic heterocycles. The third-order valence-corrected chi connectivity index (χ3v) is 1.74. The summed E-state index contributed by atoms with van der Waals surface area (Å²) in [4.78, 5) is 2.23. The zero-order chi connectivity index (χ0) is 8.85. The SMILES string of the molecule is CC.CC1CC(CN(C)C)N1. The van der Waals surface area contributed by atoms with E-state index in [1.807, 2.05) is 13.8 Å². The molecule has 1 heterocycles. The zero-order valence-corrected chi connectivity index (χ0v) is 8.52. The van der Waals surface area contributed by atoms with Gasteiger partial charge in [-0.3, -0.25) is 0 Å². The highest BCUT2D eigenvalue weighted by Gasteiger charge is 2.23. The van der Waals surface area contributed by atoms with E-state index in [1.165, 1.54) is 13.0 Å². The Morgan fingerprint density at radius 3 is 2.09 bits per heavy atom. The van der Waals surface area contributed by atoms with E-state index in [1.54, 1.807) is 0 Å². The second-order valence-electron chi connectivity index (χ2n) is 3.26. The van der Waals surface area contributed by atoms with E-state index in [4.69, 9.17) is 0 Å². The van der Waals surface area contributed by atoms with Crippen molar-refractivity contribution in [1.82, 2.24) is 10.2 Å². The van der Waals surface area contributed by atoms with Gasteiger partial charge in [-0.25, -0.2) is 0 Å². The van der Waals surface area contributed by atoms with E-state index in [0.717, 1.165) is 12.1 Å². The molecule has 2 heteroatoms. The summed E-state index contributed by atoms with van der Waals surface area (Å²) < 4.78 is 0. The molecule has 0 aromatic carbocycles. The topological polar surface area (TPSA) is 15.3 Å². The lowest BCUT2D eigenvalue weighted by atomic mass is 9.99. The fraction of sp³-hybridized carbons (Fsp3) is 1.00. The molecule has 1 saturated heterocycles. The molecule has 0 bridgehead atoms. The van der Waals surface area contributed by atoms with Crippen molar-refractivity contribution in [3.63, 3.8) is 0 Å². The van der Waals surface area contributed by atoms with Crippen LogP contribution in [-0.2, 0) is 0 Å². The minimum atomic E-state index is 0.759. The van der Waals surface area contributed by atoms with Gasteiger partial charge in [-0.1, -0.05) is 13.8 Å². The monoisotopic (exact) mass is 158 g/mol. The molecule has 0 aromatic heterocycles. The Morgan fingerprint density at radius 2 is 1.82 bits per heavy atom. The molecule has 2 atom stereocenters. The molecule has 11 heavy (non-hydrogen) atoms. The van der Waals surface area contributed by atoms with E-state index >= 15 is 0 Å². The number of rotatable bonds is 2. The molecule has 0 aliphatic carbocycles. The first-order chi connectivity index (χ1) is 5.18. The van der Waals surface area contributed by atoms with E-state index in [0.29, 0.717) is 0 Å². The number of hydrogen-bond donors (Lipinski definition) is 1. The highest BCUT2D eigenvalue weighted by Crippen LogP contribution is 2.10. The van der Waals surface area contributed by atoms with Gasteiger partial charge in [0.1, 0.15) is 0 Å². The first-order valence-corrected chi connectivity index (χ1v) is 4.59. The maximum Gasteiger partial charge on any atom is 0.0211 e. The molecule has 2 unspecified atom stereocenters. The fourth-order valence-corrected chi connectivity index (χ4v) is 1.37. The van der Waals surface area contributed by atoms with Crippen molar-refractivity contribution < 1.29 is 0 Å². The normalized spacial score (nSPS) is 28.9. The lowest BCUT2D eigenvalue weighted by molar-refractivity contribution is 0.222. The van der Waals surface area contributed by atoms with E-state index in [-0.39, 0.29) is 0 Å². The third kappa shape index (κ3) is 4.38. The highest BCUT2D eigenvalue weighted by molar-refractivity contribution is 4.86. The smallest absolute Gasteiger partial charge is 0.0211 e. The molecule has 1 aliphatic rings. The van der Waals surface area contributed by atoms with Gasteiger partial charge < -0.3 is 10.2 Å². The van der Waals surface area contributed by atoms with Crippen LogP contribution in [-0.4, -0.2) is 37.6 Å². The Labute approximate surface area is 71.0 Å². The summed E-state index contributed by atoms with van der Waals surface area (Å²) in [6.07, 6.45) is 1.35. The Balaban J connectivity index is 0.000000461. The first-order valence-electron chi connectivity index (χ1n) is 4.59. The summed E-state index contributed by atoms with van der Waals surface area (Å²) in [6.45, 7) is 7.41. The number of nitrogens with zero attached hydrogens (tertiary/aromatic N) is 1. The predicted molar refractivity (Wildman–Crippen MR) is 50.9 cm³/mol.